The Morgan fingerprint density at radius 2 is 1.93 bits per heavy atom. The van der Waals surface area contributed by atoms with Crippen molar-refractivity contribution in [3.8, 4) is 5.75 Å². The van der Waals surface area contributed by atoms with Gasteiger partial charge in [0, 0.05) is 12.4 Å². The first-order chi connectivity index (χ1) is 14.4. The van der Waals surface area contributed by atoms with Crippen molar-refractivity contribution >= 4 is 22.6 Å². The van der Waals surface area contributed by atoms with Crippen molar-refractivity contribution in [1.29, 1.82) is 0 Å². The highest BCUT2D eigenvalue weighted by Gasteiger charge is 2.11. The Morgan fingerprint density at radius 3 is 2.63 bits per heavy atom. The smallest absolute Gasteiger partial charge is 0.228 e. The summed E-state index contributed by atoms with van der Waals surface area (Å²) in [7, 11) is 1.85. The third-order valence-electron chi connectivity index (χ3n) is 5.00. The van der Waals surface area contributed by atoms with Crippen molar-refractivity contribution in [3.05, 3.63) is 64.8 Å². The Labute approximate surface area is 173 Å². The molecule has 0 radical (unpaired) electrons. The van der Waals surface area contributed by atoms with E-state index in [4.69, 9.17) is 9.26 Å². The van der Waals surface area contributed by atoms with Crippen molar-refractivity contribution in [2.24, 2.45) is 7.05 Å². The number of carbonyl (C=O) groups excluding carboxylic acids is 1. The minimum atomic E-state index is -0.109. The molecule has 0 fully saturated rings. The lowest BCUT2D eigenvalue weighted by Crippen LogP contribution is -2.14. The number of nitrogens with one attached hydrogen (secondary N) is 1. The van der Waals surface area contributed by atoms with E-state index < -0.39 is 0 Å². The number of fused-ring (bicyclic) bond motifs is 1. The molecule has 1 N–H and O–H groups in total. The zero-order valence-corrected chi connectivity index (χ0v) is 17.4. The second-order valence-corrected chi connectivity index (χ2v) is 7.26. The van der Waals surface area contributed by atoms with Crippen molar-refractivity contribution < 1.29 is 14.1 Å². The molecule has 0 saturated heterocycles. The Morgan fingerprint density at radius 1 is 1.17 bits per heavy atom. The van der Waals surface area contributed by atoms with E-state index >= 15 is 0 Å². The van der Waals surface area contributed by atoms with Gasteiger partial charge in [-0.3, -0.25) is 9.48 Å². The van der Waals surface area contributed by atoms with Gasteiger partial charge in [-0.2, -0.15) is 5.10 Å². The Kier molecular flexibility index (Phi) is 5.22. The van der Waals surface area contributed by atoms with Crippen LogP contribution in [-0.4, -0.2) is 25.8 Å². The maximum Gasteiger partial charge on any atom is 0.228 e. The predicted octanol–water partition coefficient (Wildman–Crippen LogP) is 3.64. The maximum atomic E-state index is 12.4. The Bertz CT molecular complexity index is 1190. The minimum absolute atomic E-state index is 0.109. The summed E-state index contributed by atoms with van der Waals surface area (Å²) in [5, 5.41) is 12.1. The molecule has 0 unspecified atom stereocenters. The van der Waals surface area contributed by atoms with E-state index in [2.05, 4.69) is 20.6 Å². The van der Waals surface area contributed by atoms with Crippen molar-refractivity contribution in [3.63, 3.8) is 0 Å². The SMILES string of the molecule is Cc1noc(C)c1COc1ccc(CC(=O)Nc2cnc3c(c2)c(C)nn3C)cc1. The number of rotatable bonds is 6. The number of pyridine rings is 1. The number of hydrogen-bond donors (Lipinski definition) is 1. The number of carbonyl (C=O) groups is 1. The van der Waals surface area contributed by atoms with Gasteiger partial charge in [0.1, 0.15) is 18.1 Å². The monoisotopic (exact) mass is 405 g/mol. The van der Waals surface area contributed by atoms with Gasteiger partial charge < -0.3 is 14.6 Å². The third-order valence-corrected chi connectivity index (χ3v) is 5.00. The number of nitrogens with zero attached hydrogens (tertiary/aromatic N) is 4. The number of benzene rings is 1. The van der Waals surface area contributed by atoms with Crippen molar-refractivity contribution in [1.82, 2.24) is 19.9 Å². The van der Waals surface area contributed by atoms with E-state index in [-0.39, 0.29) is 12.3 Å². The van der Waals surface area contributed by atoms with Gasteiger partial charge in [0.05, 0.1) is 35.3 Å². The van der Waals surface area contributed by atoms with Gasteiger partial charge in [-0.15, -0.1) is 0 Å². The molecule has 1 aromatic carbocycles. The summed E-state index contributed by atoms with van der Waals surface area (Å²) in [6.07, 6.45) is 1.90. The summed E-state index contributed by atoms with van der Waals surface area (Å²) >= 11 is 0. The fourth-order valence-corrected chi connectivity index (χ4v) is 3.33. The van der Waals surface area contributed by atoms with Crippen LogP contribution in [0.15, 0.2) is 41.1 Å². The van der Waals surface area contributed by atoms with Crippen molar-refractivity contribution in [2.75, 3.05) is 5.32 Å². The largest absolute Gasteiger partial charge is 0.489 e. The molecule has 4 aromatic rings. The van der Waals surface area contributed by atoms with Crippen LogP contribution in [0.2, 0.25) is 0 Å². The molecule has 30 heavy (non-hydrogen) atoms. The molecule has 154 valence electrons. The lowest BCUT2D eigenvalue weighted by atomic mass is 10.1. The summed E-state index contributed by atoms with van der Waals surface area (Å²) in [6, 6.07) is 9.37. The quantitative estimate of drug-likeness (QED) is 0.526. The summed E-state index contributed by atoms with van der Waals surface area (Å²) in [4.78, 5) is 16.8. The molecule has 0 saturated carbocycles. The second-order valence-electron chi connectivity index (χ2n) is 7.26. The average molecular weight is 405 g/mol. The molecule has 0 aliphatic carbocycles. The van der Waals surface area contributed by atoms with E-state index in [0.29, 0.717) is 12.3 Å². The number of anilines is 1. The number of hydrogen-bond acceptors (Lipinski definition) is 6. The highest BCUT2D eigenvalue weighted by molar-refractivity contribution is 5.94. The molecule has 0 aliphatic rings. The standard InChI is InChI=1S/C22H23N5O3/c1-13-19-10-17(11-23-22(19)27(4)25-13)24-21(28)9-16-5-7-18(8-6-16)29-12-20-14(2)26-30-15(20)3/h5-8,10-11H,9,12H2,1-4H3,(H,24,28). The highest BCUT2D eigenvalue weighted by Crippen LogP contribution is 2.20. The Hall–Kier alpha value is -3.68. The molecule has 4 rings (SSSR count). The van der Waals surface area contributed by atoms with Gasteiger partial charge in [0.25, 0.3) is 0 Å². The molecule has 8 nitrogen and oxygen atoms in total. The van der Waals surface area contributed by atoms with E-state index in [1.54, 1.807) is 10.9 Å². The fourth-order valence-electron chi connectivity index (χ4n) is 3.33. The van der Waals surface area contributed by atoms with E-state index in [1.165, 1.54) is 0 Å². The van der Waals surface area contributed by atoms with Gasteiger partial charge in [-0.25, -0.2) is 4.98 Å². The molecular formula is C22H23N5O3. The van der Waals surface area contributed by atoms with Crippen LogP contribution in [0.25, 0.3) is 11.0 Å². The zero-order valence-electron chi connectivity index (χ0n) is 17.4. The average Bonchev–Trinajstić information content (AvgIpc) is 3.19. The van der Waals surface area contributed by atoms with Crippen LogP contribution in [0, 0.1) is 20.8 Å². The van der Waals surface area contributed by atoms with Gasteiger partial charge in [-0.05, 0) is 44.5 Å². The van der Waals surface area contributed by atoms with Crippen molar-refractivity contribution in [2.45, 2.75) is 33.8 Å². The highest BCUT2D eigenvalue weighted by atomic mass is 16.5. The molecule has 0 aliphatic heterocycles. The number of aryl methyl sites for hydroxylation is 4. The van der Waals surface area contributed by atoms with Crippen LogP contribution in [0.3, 0.4) is 0 Å². The molecule has 0 atom stereocenters. The first-order valence-electron chi connectivity index (χ1n) is 9.63. The van der Waals surface area contributed by atoms with Gasteiger partial charge in [0.15, 0.2) is 5.65 Å². The van der Waals surface area contributed by atoms with Crippen LogP contribution in [0.5, 0.6) is 5.75 Å². The maximum absolute atomic E-state index is 12.4. The molecule has 0 bridgehead atoms. The van der Waals surface area contributed by atoms with Gasteiger partial charge >= 0.3 is 0 Å². The zero-order chi connectivity index (χ0) is 21.3. The van der Waals surface area contributed by atoms with Crippen LogP contribution < -0.4 is 10.1 Å². The molecule has 3 aromatic heterocycles. The minimum Gasteiger partial charge on any atom is -0.489 e. The topological polar surface area (TPSA) is 95.1 Å². The molecule has 1 amide bonds. The third kappa shape index (κ3) is 4.03. The van der Waals surface area contributed by atoms with E-state index in [0.717, 1.165) is 45.1 Å². The van der Waals surface area contributed by atoms with Crippen LogP contribution in [-0.2, 0) is 24.9 Å². The lowest BCUT2D eigenvalue weighted by molar-refractivity contribution is -0.115. The lowest BCUT2D eigenvalue weighted by Gasteiger charge is -2.08. The van der Waals surface area contributed by atoms with Crippen LogP contribution in [0.1, 0.15) is 28.3 Å². The normalized spacial score (nSPS) is 11.1. The molecular weight excluding hydrogens is 382 g/mol. The molecule has 3 heterocycles. The number of amides is 1. The summed E-state index contributed by atoms with van der Waals surface area (Å²) in [6.45, 7) is 6.07. The summed E-state index contributed by atoms with van der Waals surface area (Å²) < 4.78 is 12.7. The Balaban J connectivity index is 1.36. The molecule has 8 heteroatoms. The number of ether oxygens (including phenoxy) is 1. The van der Waals surface area contributed by atoms with E-state index in [1.807, 2.05) is 58.2 Å². The van der Waals surface area contributed by atoms with Crippen LogP contribution in [0.4, 0.5) is 5.69 Å². The number of aromatic nitrogens is 4. The molecule has 0 spiro atoms. The van der Waals surface area contributed by atoms with Crippen LogP contribution >= 0.6 is 0 Å². The predicted molar refractivity (Wildman–Crippen MR) is 112 cm³/mol. The second kappa shape index (κ2) is 7.98. The fraction of sp³-hybridized carbons (Fsp3) is 0.273. The summed E-state index contributed by atoms with van der Waals surface area (Å²) in [5.74, 6) is 1.37. The van der Waals surface area contributed by atoms with Gasteiger partial charge in [-0.1, -0.05) is 17.3 Å². The van der Waals surface area contributed by atoms with E-state index in [9.17, 15) is 4.79 Å². The van der Waals surface area contributed by atoms with Gasteiger partial charge in [0.2, 0.25) is 5.91 Å². The summed E-state index contributed by atoms with van der Waals surface area (Å²) in [5.41, 5.74) is 5.00. The first kappa shape index (κ1) is 19.6. The first-order valence-corrected chi connectivity index (χ1v) is 9.63.